The summed E-state index contributed by atoms with van der Waals surface area (Å²) in [5.74, 6) is 0.794. The summed E-state index contributed by atoms with van der Waals surface area (Å²) in [4.78, 5) is 8.46. The van der Waals surface area contributed by atoms with Crippen LogP contribution in [0.15, 0.2) is 29.0 Å². The van der Waals surface area contributed by atoms with Crippen molar-refractivity contribution < 1.29 is 4.52 Å². The number of fused-ring (bicyclic) bond motifs is 1. The van der Waals surface area contributed by atoms with Crippen molar-refractivity contribution in [1.29, 1.82) is 0 Å². The molecule has 0 aliphatic carbocycles. The zero-order chi connectivity index (χ0) is 10.3. The number of nitrogens with zero attached hydrogens (tertiary/aromatic N) is 3. The van der Waals surface area contributed by atoms with Gasteiger partial charge in [-0.25, -0.2) is 4.98 Å². The fourth-order valence-electron chi connectivity index (χ4n) is 1.36. The maximum Gasteiger partial charge on any atom is 0.146 e. The topological polar surface area (TPSA) is 51.8 Å². The molecule has 0 N–H and O–H groups in total. The molecule has 0 saturated heterocycles. The normalized spacial score (nSPS) is 11.0. The fraction of sp³-hybridized carbons (Fsp3) is 0.100. The van der Waals surface area contributed by atoms with Gasteiger partial charge < -0.3 is 4.52 Å². The summed E-state index contributed by atoms with van der Waals surface area (Å²) in [5, 5.41) is 4.80. The third-order valence-electron chi connectivity index (χ3n) is 2.04. The summed E-state index contributed by atoms with van der Waals surface area (Å²) in [6.45, 7) is 1.87. The molecule has 74 valence electrons. The Bertz CT molecular complexity index is 581. The van der Waals surface area contributed by atoms with Gasteiger partial charge >= 0.3 is 0 Å². The predicted molar refractivity (Wildman–Crippen MR) is 57.6 cm³/mol. The molecule has 3 heterocycles. The number of aromatic nitrogens is 3. The van der Waals surface area contributed by atoms with Gasteiger partial charge in [-0.3, -0.25) is 4.98 Å². The van der Waals surface area contributed by atoms with Crippen LogP contribution in [0.2, 0.25) is 0 Å². The minimum absolute atomic E-state index is 0.786. The molecule has 0 aromatic carbocycles. The molecule has 0 aliphatic heterocycles. The molecule has 15 heavy (non-hydrogen) atoms. The Morgan fingerprint density at radius 1 is 1.40 bits per heavy atom. The van der Waals surface area contributed by atoms with Gasteiger partial charge in [-0.05, 0) is 13.0 Å². The summed E-state index contributed by atoms with van der Waals surface area (Å²) in [6, 6.07) is 3.83. The molecule has 3 aromatic rings. The first-order chi connectivity index (χ1) is 7.33. The van der Waals surface area contributed by atoms with E-state index in [9.17, 15) is 0 Å². The van der Waals surface area contributed by atoms with Gasteiger partial charge in [-0.2, -0.15) is 0 Å². The van der Waals surface area contributed by atoms with Crippen LogP contribution in [0.25, 0.3) is 20.9 Å². The van der Waals surface area contributed by atoms with E-state index in [1.165, 1.54) is 0 Å². The van der Waals surface area contributed by atoms with Gasteiger partial charge in [-0.1, -0.05) is 5.16 Å². The van der Waals surface area contributed by atoms with Crippen molar-refractivity contribution in [1.82, 2.24) is 15.1 Å². The molecule has 0 fully saturated rings. The van der Waals surface area contributed by atoms with Crippen molar-refractivity contribution in [2.75, 3.05) is 0 Å². The lowest BCUT2D eigenvalue weighted by atomic mass is 10.4. The van der Waals surface area contributed by atoms with Crippen molar-refractivity contribution in [2.24, 2.45) is 0 Å². The van der Waals surface area contributed by atoms with Crippen molar-refractivity contribution in [2.45, 2.75) is 6.92 Å². The van der Waals surface area contributed by atoms with E-state index in [-0.39, 0.29) is 0 Å². The molecule has 0 unspecified atom stereocenters. The Hall–Kier alpha value is -1.75. The number of pyridine rings is 1. The van der Waals surface area contributed by atoms with E-state index in [0.717, 1.165) is 26.7 Å². The van der Waals surface area contributed by atoms with E-state index in [4.69, 9.17) is 4.52 Å². The van der Waals surface area contributed by atoms with Crippen LogP contribution in [0.1, 0.15) is 5.76 Å². The number of aryl methyl sites for hydroxylation is 1. The second-order valence-corrected chi connectivity index (χ2v) is 4.22. The maximum atomic E-state index is 5.02. The molecular weight excluding hydrogens is 210 g/mol. The Labute approximate surface area is 89.6 Å². The zero-order valence-electron chi connectivity index (χ0n) is 7.97. The predicted octanol–water partition coefficient (Wildman–Crippen LogP) is 2.65. The van der Waals surface area contributed by atoms with Crippen LogP contribution in [-0.2, 0) is 0 Å². The molecule has 0 bridgehead atoms. The number of hydrogen-bond acceptors (Lipinski definition) is 5. The van der Waals surface area contributed by atoms with E-state index >= 15 is 0 Å². The highest BCUT2D eigenvalue weighted by Gasteiger charge is 2.09. The summed E-state index contributed by atoms with van der Waals surface area (Å²) < 4.78 is 6.13. The second kappa shape index (κ2) is 3.13. The molecule has 3 aromatic heterocycles. The van der Waals surface area contributed by atoms with E-state index in [2.05, 4.69) is 15.1 Å². The quantitative estimate of drug-likeness (QED) is 0.628. The average molecular weight is 217 g/mol. The third kappa shape index (κ3) is 1.41. The molecule has 0 amide bonds. The number of hydrogen-bond donors (Lipinski definition) is 0. The van der Waals surface area contributed by atoms with Crippen LogP contribution >= 0.6 is 11.3 Å². The fourth-order valence-corrected chi connectivity index (χ4v) is 2.24. The van der Waals surface area contributed by atoms with Gasteiger partial charge in [0.2, 0.25) is 0 Å². The smallest absolute Gasteiger partial charge is 0.146 e. The van der Waals surface area contributed by atoms with E-state index in [0.29, 0.717) is 0 Å². The first-order valence-corrected chi connectivity index (χ1v) is 5.29. The zero-order valence-corrected chi connectivity index (χ0v) is 8.78. The van der Waals surface area contributed by atoms with E-state index < -0.39 is 0 Å². The summed E-state index contributed by atoms with van der Waals surface area (Å²) >= 11 is 1.59. The third-order valence-corrected chi connectivity index (χ3v) is 3.10. The van der Waals surface area contributed by atoms with Crippen molar-refractivity contribution in [3.63, 3.8) is 0 Å². The van der Waals surface area contributed by atoms with Crippen LogP contribution in [0.4, 0.5) is 0 Å². The molecule has 0 radical (unpaired) electrons. The van der Waals surface area contributed by atoms with Crippen LogP contribution < -0.4 is 0 Å². The molecule has 5 heteroatoms. The highest BCUT2D eigenvalue weighted by Crippen LogP contribution is 2.28. The molecular formula is C10H7N3OS. The van der Waals surface area contributed by atoms with Gasteiger partial charge in [0.1, 0.15) is 22.0 Å². The lowest BCUT2D eigenvalue weighted by molar-refractivity contribution is 0.399. The Kier molecular flexibility index (Phi) is 1.78. The summed E-state index contributed by atoms with van der Waals surface area (Å²) in [7, 11) is 0. The molecule has 0 atom stereocenters. The van der Waals surface area contributed by atoms with Crippen LogP contribution in [-0.4, -0.2) is 15.1 Å². The highest BCUT2D eigenvalue weighted by atomic mass is 32.1. The van der Waals surface area contributed by atoms with Gasteiger partial charge in [0.25, 0.3) is 0 Å². The monoisotopic (exact) mass is 217 g/mol. The molecule has 0 spiro atoms. The lowest BCUT2D eigenvalue weighted by Gasteiger charge is -1.81. The summed E-state index contributed by atoms with van der Waals surface area (Å²) in [6.07, 6.45) is 3.51. The van der Waals surface area contributed by atoms with Crippen molar-refractivity contribution in [3.8, 4) is 10.7 Å². The van der Waals surface area contributed by atoms with Gasteiger partial charge in [0.15, 0.2) is 0 Å². The van der Waals surface area contributed by atoms with E-state index in [1.807, 2.05) is 19.1 Å². The SMILES string of the molecule is Cc1cc(-c2nc3cnccc3s2)no1. The average Bonchev–Trinajstić information content (AvgIpc) is 2.82. The van der Waals surface area contributed by atoms with Crippen molar-refractivity contribution in [3.05, 3.63) is 30.3 Å². The highest BCUT2D eigenvalue weighted by molar-refractivity contribution is 7.21. The van der Waals surface area contributed by atoms with Gasteiger partial charge in [0, 0.05) is 12.3 Å². The molecule has 4 nitrogen and oxygen atoms in total. The Morgan fingerprint density at radius 3 is 3.07 bits per heavy atom. The van der Waals surface area contributed by atoms with Crippen LogP contribution in [0, 0.1) is 6.92 Å². The largest absolute Gasteiger partial charge is 0.361 e. The summed E-state index contributed by atoms with van der Waals surface area (Å²) in [5.41, 5.74) is 1.69. The van der Waals surface area contributed by atoms with Gasteiger partial charge in [0.05, 0.1) is 10.9 Å². The maximum absolute atomic E-state index is 5.02. The standard InChI is InChI=1S/C10H7N3OS/c1-6-4-7(13-14-6)10-12-8-5-11-3-2-9(8)15-10/h2-5H,1H3. The molecule has 0 saturated carbocycles. The van der Waals surface area contributed by atoms with Crippen LogP contribution in [0.5, 0.6) is 0 Å². The van der Waals surface area contributed by atoms with Crippen LogP contribution in [0.3, 0.4) is 0 Å². The van der Waals surface area contributed by atoms with Crippen molar-refractivity contribution >= 4 is 21.6 Å². The lowest BCUT2D eigenvalue weighted by Crippen LogP contribution is -1.74. The number of thiazole rings is 1. The first-order valence-electron chi connectivity index (χ1n) is 4.47. The molecule has 0 aliphatic rings. The number of rotatable bonds is 1. The Morgan fingerprint density at radius 2 is 2.33 bits per heavy atom. The van der Waals surface area contributed by atoms with Gasteiger partial charge in [-0.15, -0.1) is 11.3 Å². The second-order valence-electron chi connectivity index (χ2n) is 3.19. The van der Waals surface area contributed by atoms with E-state index in [1.54, 1.807) is 23.7 Å². The minimum Gasteiger partial charge on any atom is -0.361 e. The molecule has 3 rings (SSSR count). The Balaban J connectivity index is 2.19. The minimum atomic E-state index is 0.786. The first kappa shape index (κ1) is 8.55.